The highest BCUT2D eigenvalue weighted by Crippen LogP contribution is 2.40. The fourth-order valence-electron chi connectivity index (χ4n) is 5.31. The van der Waals surface area contributed by atoms with Gasteiger partial charge in [-0.15, -0.1) is 0 Å². The summed E-state index contributed by atoms with van der Waals surface area (Å²) < 4.78 is 86.0. The average Bonchev–Trinajstić information content (AvgIpc) is 3.44. The Labute approximate surface area is 279 Å². The van der Waals surface area contributed by atoms with E-state index in [9.17, 15) is 22.8 Å². The van der Waals surface area contributed by atoms with Crippen molar-refractivity contribution in [3.8, 4) is 5.88 Å². The minimum Gasteiger partial charge on any atom is -0.478 e. The van der Waals surface area contributed by atoms with Gasteiger partial charge >= 0.3 is 12.3 Å². The summed E-state index contributed by atoms with van der Waals surface area (Å²) in [6, 6.07) is 2.39. The van der Waals surface area contributed by atoms with Crippen LogP contribution < -0.4 is 15.0 Å². The van der Waals surface area contributed by atoms with E-state index < -0.39 is 65.9 Å². The van der Waals surface area contributed by atoms with Crippen LogP contribution in [0.1, 0.15) is 49.2 Å². The summed E-state index contributed by atoms with van der Waals surface area (Å²) in [6.07, 6.45) is -3.42. The number of nitrogens with zero attached hydrogens (tertiary/aromatic N) is 4. The molecular weight excluding hydrogens is 653 g/mol. The number of amides is 2. The van der Waals surface area contributed by atoms with Crippen molar-refractivity contribution in [1.82, 2.24) is 14.8 Å². The third kappa shape index (κ3) is 9.04. The Balaban J connectivity index is 1.72. The molecule has 0 spiro atoms. The highest BCUT2D eigenvalue weighted by atomic mass is 28.3. The van der Waals surface area contributed by atoms with Crippen LogP contribution in [0.2, 0.25) is 25.7 Å². The van der Waals surface area contributed by atoms with Gasteiger partial charge in [0, 0.05) is 65.2 Å². The molecule has 1 aromatic carbocycles. The molecule has 9 nitrogen and oxygen atoms in total. The van der Waals surface area contributed by atoms with Crippen molar-refractivity contribution in [3.63, 3.8) is 0 Å². The topological polar surface area (TPSA) is 87.2 Å². The lowest BCUT2D eigenvalue weighted by Crippen LogP contribution is -2.50. The van der Waals surface area contributed by atoms with E-state index in [4.69, 9.17) is 9.47 Å². The Hall–Kier alpha value is -3.72. The third-order valence-electron chi connectivity index (χ3n) is 8.16. The van der Waals surface area contributed by atoms with Gasteiger partial charge in [-0.25, -0.2) is 18.6 Å². The van der Waals surface area contributed by atoms with Crippen LogP contribution >= 0.6 is 0 Å². The molecule has 1 N–H and O–H groups in total. The number of carbonyl (C=O) groups is 2. The fraction of sp³-hybridized carbons (Fsp3) is 0.545. The van der Waals surface area contributed by atoms with Gasteiger partial charge in [-0.3, -0.25) is 4.79 Å². The highest BCUT2D eigenvalue weighted by molar-refractivity contribution is 6.76. The molecule has 1 aromatic heterocycles. The maximum Gasteiger partial charge on any atom is 0.417 e. The summed E-state index contributed by atoms with van der Waals surface area (Å²) >= 11 is 0. The van der Waals surface area contributed by atoms with Crippen LogP contribution in [0.4, 0.5) is 38.1 Å². The van der Waals surface area contributed by atoms with Crippen molar-refractivity contribution in [2.75, 3.05) is 56.6 Å². The molecule has 2 aliphatic heterocycles. The Morgan fingerprint density at radius 1 is 1.10 bits per heavy atom. The van der Waals surface area contributed by atoms with Crippen molar-refractivity contribution in [3.05, 3.63) is 52.7 Å². The molecule has 48 heavy (non-hydrogen) atoms. The fourth-order valence-corrected chi connectivity index (χ4v) is 6.03. The molecule has 2 amide bonds. The summed E-state index contributed by atoms with van der Waals surface area (Å²) in [7, 11) is 0.362. The molecule has 15 heteroatoms. The average molecular weight is 698 g/mol. The lowest BCUT2D eigenvalue weighted by molar-refractivity contribution is -0.138. The normalized spacial score (nSPS) is 17.8. The Morgan fingerprint density at radius 3 is 2.40 bits per heavy atom. The van der Waals surface area contributed by atoms with Crippen molar-refractivity contribution in [2.45, 2.75) is 71.2 Å². The molecule has 1 atom stereocenters. The number of pyridine rings is 1. The number of halogens is 5. The van der Waals surface area contributed by atoms with Crippen molar-refractivity contribution < 1.29 is 41.0 Å². The number of nitrogens with one attached hydrogen (secondary N) is 1. The summed E-state index contributed by atoms with van der Waals surface area (Å²) in [5.74, 6) is -3.68. The molecule has 0 saturated carbocycles. The second kappa shape index (κ2) is 14.0. The largest absolute Gasteiger partial charge is 0.478 e. The van der Waals surface area contributed by atoms with E-state index in [0.29, 0.717) is 31.7 Å². The maximum atomic E-state index is 16.6. The molecule has 2 aromatic rings. The summed E-state index contributed by atoms with van der Waals surface area (Å²) in [6.45, 7) is 14.5. The van der Waals surface area contributed by atoms with Gasteiger partial charge in [-0.2, -0.15) is 13.2 Å². The molecule has 0 aliphatic carbocycles. The quantitative estimate of drug-likeness (QED) is 0.232. The second-order valence-corrected chi connectivity index (χ2v) is 20.1. The first-order chi connectivity index (χ1) is 22.1. The Kier molecular flexibility index (Phi) is 10.8. The van der Waals surface area contributed by atoms with E-state index >= 15 is 8.78 Å². The van der Waals surface area contributed by atoms with Crippen molar-refractivity contribution in [1.29, 1.82) is 0 Å². The first kappa shape index (κ1) is 37.1. The Morgan fingerprint density at radius 2 is 1.79 bits per heavy atom. The minimum atomic E-state index is -4.96. The smallest absolute Gasteiger partial charge is 0.417 e. The lowest BCUT2D eigenvalue weighted by atomic mass is 10.0. The highest BCUT2D eigenvalue weighted by Gasteiger charge is 2.38. The number of alkyl halides is 3. The number of hydrogen-bond acceptors (Lipinski definition) is 7. The van der Waals surface area contributed by atoms with Gasteiger partial charge in [0.15, 0.2) is 5.82 Å². The van der Waals surface area contributed by atoms with Crippen LogP contribution in [0.3, 0.4) is 0 Å². The van der Waals surface area contributed by atoms with Crippen molar-refractivity contribution in [2.24, 2.45) is 0 Å². The Bertz CT molecular complexity index is 1570. The lowest BCUT2D eigenvalue weighted by Gasteiger charge is -2.40. The molecule has 3 heterocycles. The molecule has 4 rings (SSSR count). The zero-order valence-corrected chi connectivity index (χ0v) is 29.6. The van der Waals surface area contributed by atoms with Gasteiger partial charge in [0.05, 0.1) is 29.0 Å². The number of benzene rings is 1. The van der Waals surface area contributed by atoms with Crippen molar-refractivity contribution >= 4 is 37.0 Å². The zero-order valence-electron chi connectivity index (χ0n) is 28.6. The van der Waals surface area contributed by atoms with Gasteiger partial charge in [-0.1, -0.05) is 25.7 Å². The monoisotopic (exact) mass is 697 g/mol. The van der Waals surface area contributed by atoms with E-state index in [-0.39, 0.29) is 42.9 Å². The molecular formula is C33H44F5N5O4Si. The second-order valence-electron chi connectivity index (χ2n) is 14.5. The number of hydrogen-bond donors (Lipinski definition) is 1. The molecule has 2 aliphatic rings. The molecule has 0 bridgehead atoms. The minimum absolute atomic E-state index is 0.0162. The predicted octanol–water partition coefficient (Wildman–Crippen LogP) is 7.12. The van der Waals surface area contributed by atoms with Gasteiger partial charge < -0.3 is 29.5 Å². The van der Waals surface area contributed by atoms with Crippen LogP contribution in [-0.2, 0) is 10.9 Å². The number of aromatic nitrogens is 1. The summed E-state index contributed by atoms with van der Waals surface area (Å²) in [4.78, 5) is 35.2. The number of carbonyl (C=O) groups excluding carboxylic acids is 2. The van der Waals surface area contributed by atoms with E-state index in [1.54, 1.807) is 25.7 Å². The first-order valence-corrected chi connectivity index (χ1v) is 19.5. The number of anilines is 2. The number of piperazine rings is 1. The van der Waals surface area contributed by atoms with Crippen LogP contribution in [0.5, 0.6) is 5.88 Å². The van der Waals surface area contributed by atoms with Gasteiger partial charge in [0.25, 0.3) is 5.91 Å². The molecule has 0 unspecified atom stereocenters. The van der Waals surface area contributed by atoms with Gasteiger partial charge in [-0.05, 0) is 46.4 Å². The van der Waals surface area contributed by atoms with E-state index in [2.05, 4.69) is 34.8 Å². The van der Waals surface area contributed by atoms with E-state index in [1.807, 2.05) is 14.0 Å². The van der Waals surface area contributed by atoms with Crippen LogP contribution in [0, 0.1) is 11.6 Å². The van der Waals surface area contributed by atoms with Gasteiger partial charge in [0.2, 0.25) is 5.88 Å². The SMILES string of the molecule is C[C@H]1CN(c2cc(F)c(C3=CCN(C(=O)OC(C)(C)C)C3)c(F)c2NC(=O)c2cnc(OCC[Si](C)(C)C)cc2C(F)(F)F)CCN1C. The van der Waals surface area contributed by atoms with E-state index in [1.165, 1.54) is 11.0 Å². The van der Waals surface area contributed by atoms with Gasteiger partial charge in [0.1, 0.15) is 17.1 Å². The number of rotatable bonds is 8. The van der Waals surface area contributed by atoms with Crippen LogP contribution in [-0.4, -0.2) is 92.9 Å². The third-order valence-corrected chi connectivity index (χ3v) is 9.86. The molecule has 0 radical (unpaired) electrons. The van der Waals surface area contributed by atoms with E-state index in [0.717, 1.165) is 12.3 Å². The first-order valence-electron chi connectivity index (χ1n) is 15.8. The summed E-state index contributed by atoms with van der Waals surface area (Å²) in [5, 5.41) is 2.33. The molecule has 1 saturated heterocycles. The maximum absolute atomic E-state index is 16.6. The number of ether oxygens (including phenoxy) is 2. The number of likely N-dealkylation sites (N-methyl/N-ethyl adjacent to an activating group) is 1. The molecule has 1 fully saturated rings. The zero-order chi connectivity index (χ0) is 35.8. The standard InChI is InChI=1S/C33H44F5N5O4Si/c1-20-18-42(12-11-41(20)5)25-16-24(34)27(21-9-10-43(19-21)31(45)47-32(2,3)4)28(35)29(25)40-30(44)22-17-39-26(15-23(22)33(36,37)38)46-13-14-48(6,7)8/h9,15-17,20H,10-14,18-19H2,1-8H3,(H,40,44)/t20-/m0/s1. The van der Waals surface area contributed by atoms with Crippen LogP contribution in [0.15, 0.2) is 24.4 Å². The predicted molar refractivity (Wildman–Crippen MR) is 177 cm³/mol. The summed E-state index contributed by atoms with van der Waals surface area (Å²) in [5.41, 5.74) is -3.81. The molecule has 264 valence electrons. The van der Waals surface area contributed by atoms with Crippen LogP contribution in [0.25, 0.3) is 5.57 Å².